The minimum absolute atomic E-state index is 0.448. The number of hydrogen-bond donors (Lipinski definition) is 2. The highest BCUT2D eigenvalue weighted by molar-refractivity contribution is 5.83. The third-order valence-corrected chi connectivity index (χ3v) is 2.45. The Morgan fingerprint density at radius 3 is 2.00 bits per heavy atom. The van der Waals surface area contributed by atoms with Crippen molar-refractivity contribution in [1.29, 1.82) is 0 Å². The van der Waals surface area contributed by atoms with E-state index < -0.39 is 23.7 Å². The van der Waals surface area contributed by atoms with Gasteiger partial charge in [-0.25, -0.2) is 0 Å². The molecule has 1 aliphatic rings. The number of nitrogens with two attached hydrogens (primary N) is 1. The molecule has 0 bridgehead atoms. The molecule has 1 saturated carbocycles. The Labute approximate surface area is 70.7 Å². The summed E-state index contributed by atoms with van der Waals surface area (Å²) in [4.78, 5) is 21.5. The predicted octanol–water partition coefficient (Wildman–Crippen LogP) is 0.363. The van der Waals surface area contributed by atoms with Crippen LogP contribution >= 0.6 is 0 Å². The van der Waals surface area contributed by atoms with Gasteiger partial charge in [0.1, 0.15) is 0 Å². The second kappa shape index (κ2) is 3.56. The molecule has 0 heterocycles. The van der Waals surface area contributed by atoms with Crippen LogP contribution in [0.3, 0.4) is 0 Å². The topological polar surface area (TPSA) is 80.4 Å². The zero-order valence-electron chi connectivity index (χ0n) is 6.82. The van der Waals surface area contributed by atoms with Crippen LogP contribution in [-0.2, 0) is 9.59 Å². The number of amides is 1. The van der Waals surface area contributed by atoms with Crippen molar-refractivity contribution in [2.45, 2.75) is 25.7 Å². The Kier molecular flexibility index (Phi) is 2.68. The van der Waals surface area contributed by atoms with E-state index in [1.807, 2.05) is 0 Å². The molecule has 68 valence electrons. The summed E-state index contributed by atoms with van der Waals surface area (Å²) in [5.41, 5.74) is 5.09. The van der Waals surface area contributed by atoms with Gasteiger partial charge in [0.15, 0.2) is 0 Å². The lowest BCUT2D eigenvalue weighted by Crippen LogP contribution is -2.36. The maximum Gasteiger partial charge on any atom is 0.307 e. The molecular weight excluding hydrogens is 158 g/mol. The molecule has 0 aromatic heterocycles. The van der Waals surface area contributed by atoms with Crippen LogP contribution in [0.5, 0.6) is 0 Å². The van der Waals surface area contributed by atoms with Gasteiger partial charge in [0, 0.05) is 0 Å². The highest BCUT2D eigenvalue weighted by atomic mass is 16.4. The highest BCUT2D eigenvalue weighted by Crippen LogP contribution is 2.29. The van der Waals surface area contributed by atoms with Crippen molar-refractivity contribution >= 4 is 11.9 Å². The highest BCUT2D eigenvalue weighted by Gasteiger charge is 2.34. The summed E-state index contributed by atoms with van der Waals surface area (Å²) < 4.78 is 0. The molecule has 0 aromatic rings. The number of hydrogen-bond acceptors (Lipinski definition) is 2. The van der Waals surface area contributed by atoms with Gasteiger partial charge in [0.25, 0.3) is 0 Å². The molecule has 0 spiro atoms. The van der Waals surface area contributed by atoms with E-state index in [1.54, 1.807) is 0 Å². The molecule has 1 aliphatic carbocycles. The molecule has 4 nitrogen and oxygen atoms in total. The van der Waals surface area contributed by atoms with Gasteiger partial charge < -0.3 is 10.8 Å². The van der Waals surface area contributed by atoms with Gasteiger partial charge >= 0.3 is 5.97 Å². The normalized spacial score (nSPS) is 29.7. The minimum atomic E-state index is -0.890. The van der Waals surface area contributed by atoms with Crippen molar-refractivity contribution in [3.05, 3.63) is 0 Å². The van der Waals surface area contributed by atoms with Crippen molar-refractivity contribution < 1.29 is 14.7 Å². The molecular formula is C8H13NO3. The number of carbonyl (C=O) groups is 2. The smallest absolute Gasteiger partial charge is 0.307 e. The van der Waals surface area contributed by atoms with Crippen molar-refractivity contribution in [3.8, 4) is 0 Å². The van der Waals surface area contributed by atoms with Gasteiger partial charge in [-0.2, -0.15) is 0 Å². The lowest BCUT2D eigenvalue weighted by Gasteiger charge is -2.25. The summed E-state index contributed by atoms with van der Waals surface area (Å²) in [5, 5.41) is 8.75. The van der Waals surface area contributed by atoms with E-state index in [0.29, 0.717) is 12.8 Å². The lowest BCUT2D eigenvalue weighted by molar-refractivity contribution is -0.148. The van der Waals surface area contributed by atoms with Crippen LogP contribution in [-0.4, -0.2) is 17.0 Å². The average molecular weight is 171 g/mol. The summed E-state index contributed by atoms with van der Waals surface area (Å²) in [6.07, 6.45) is 3.02. The van der Waals surface area contributed by atoms with E-state index in [4.69, 9.17) is 10.8 Å². The Hall–Kier alpha value is -1.06. The van der Waals surface area contributed by atoms with Crippen LogP contribution in [0.15, 0.2) is 0 Å². The number of carboxylic acid groups (broad SMARTS) is 1. The molecule has 4 heteroatoms. The summed E-state index contributed by atoms with van der Waals surface area (Å²) in [5.74, 6) is -2.35. The summed E-state index contributed by atoms with van der Waals surface area (Å²) >= 11 is 0. The van der Waals surface area contributed by atoms with Gasteiger partial charge in [0.2, 0.25) is 5.91 Å². The molecule has 0 saturated heterocycles. The maximum absolute atomic E-state index is 10.8. The monoisotopic (exact) mass is 171 g/mol. The molecule has 2 atom stereocenters. The third kappa shape index (κ3) is 1.75. The van der Waals surface area contributed by atoms with Gasteiger partial charge in [-0.1, -0.05) is 12.8 Å². The van der Waals surface area contributed by atoms with Gasteiger partial charge in [-0.3, -0.25) is 9.59 Å². The molecule has 0 aliphatic heterocycles. The number of carboxylic acids is 1. The van der Waals surface area contributed by atoms with Crippen LogP contribution in [0, 0.1) is 11.8 Å². The predicted molar refractivity (Wildman–Crippen MR) is 42.3 cm³/mol. The van der Waals surface area contributed by atoms with E-state index in [9.17, 15) is 9.59 Å². The Morgan fingerprint density at radius 2 is 1.67 bits per heavy atom. The first kappa shape index (κ1) is 9.03. The SMILES string of the molecule is NC(=O)[C@H]1CCCCC1C(=O)O. The molecule has 1 unspecified atom stereocenters. The fourth-order valence-electron chi connectivity index (χ4n) is 1.77. The largest absolute Gasteiger partial charge is 0.481 e. The van der Waals surface area contributed by atoms with Crippen LogP contribution in [0.1, 0.15) is 25.7 Å². The van der Waals surface area contributed by atoms with E-state index >= 15 is 0 Å². The minimum Gasteiger partial charge on any atom is -0.481 e. The van der Waals surface area contributed by atoms with Crippen molar-refractivity contribution in [2.75, 3.05) is 0 Å². The lowest BCUT2D eigenvalue weighted by atomic mass is 9.79. The van der Waals surface area contributed by atoms with Crippen molar-refractivity contribution in [3.63, 3.8) is 0 Å². The number of aliphatic carboxylic acids is 1. The first-order chi connectivity index (χ1) is 5.63. The van der Waals surface area contributed by atoms with Gasteiger partial charge in [-0.15, -0.1) is 0 Å². The van der Waals surface area contributed by atoms with Crippen LogP contribution in [0.25, 0.3) is 0 Å². The van der Waals surface area contributed by atoms with Crippen molar-refractivity contribution in [1.82, 2.24) is 0 Å². The second-order valence-corrected chi connectivity index (χ2v) is 3.24. The molecule has 1 rings (SSSR count). The van der Waals surface area contributed by atoms with E-state index in [-0.39, 0.29) is 0 Å². The average Bonchev–Trinajstić information content (AvgIpc) is 2.04. The number of rotatable bonds is 2. The molecule has 12 heavy (non-hydrogen) atoms. The van der Waals surface area contributed by atoms with E-state index in [1.165, 1.54) is 0 Å². The van der Waals surface area contributed by atoms with Crippen LogP contribution in [0.2, 0.25) is 0 Å². The van der Waals surface area contributed by atoms with E-state index in [2.05, 4.69) is 0 Å². The number of carbonyl (C=O) groups excluding carboxylic acids is 1. The fourth-order valence-corrected chi connectivity index (χ4v) is 1.77. The van der Waals surface area contributed by atoms with E-state index in [0.717, 1.165) is 12.8 Å². The molecule has 1 fully saturated rings. The number of primary amides is 1. The maximum atomic E-state index is 10.8. The Morgan fingerprint density at radius 1 is 1.17 bits per heavy atom. The third-order valence-electron chi connectivity index (χ3n) is 2.45. The molecule has 0 aromatic carbocycles. The summed E-state index contributed by atoms with van der Waals surface area (Å²) in [6.45, 7) is 0. The zero-order valence-corrected chi connectivity index (χ0v) is 6.82. The van der Waals surface area contributed by atoms with Crippen LogP contribution in [0.4, 0.5) is 0 Å². The zero-order chi connectivity index (χ0) is 9.14. The molecule has 0 radical (unpaired) electrons. The second-order valence-electron chi connectivity index (χ2n) is 3.24. The quantitative estimate of drug-likeness (QED) is 0.629. The first-order valence-corrected chi connectivity index (χ1v) is 4.15. The fraction of sp³-hybridized carbons (Fsp3) is 0.750. The van der Waals surface area contributed by atoms with Gasteiger partial charge in [0.05, 0.1) is 11.8 Å². The van der Waals surface area contributed by atoms with Crippen LogP contribution < -0.4 is 5.73 Å². The summed E-state index contributed by atoms with van der Waals surface area (Å²) in [7, 11) is 0. The molecule has 3 N–H and O–H groups in total. The first-order valence-electron chi connectivity index (χ1n) is 4.15. The Balaban J connectivity index is 2.67. The molecule has 1 amide bonds. The standard InChI is InChI=1S/C8H13NO3/c9-7(10)5-3-1-2-4-6(5)8(11)12/h5-6H,1-4H2,(H2,9,10)(H,11,12)/t5-,6?/m0/s1. The Bertz CT molecular complexity index is 180. The van der Waals surface area contributed by atoms with Gasteiger partial charge in [-0.05, 0) is 12.8 Å². The summed E-state index contributed by atoms with van der Waals surface area (Å²) in [6, 6.07) is 0. The van der Waals surface area contributed by atoms with Crippen molar-refractivity contribution in [2.24, 2.45) is 17.6 Å².